The molecule has 1 amide bonds. The number of nitrogens with zero attached hydrogens (tertiary/aromatic N) is 2. The van der Waals surface area contributed by atoms with Crippen LogP contribution in [0.4, 0.5) is 8.78 Å². The quantitative estimate of drug-likeness (QED) is 0.521. The fourth-order valence-corrected chi connectivity index (χ4v) is 7.68. The number of alkyl halides is 2. The van der Waals surface area contributed by atoms with Crippen molar-refractivity contribution in [3.8, 4) is 5.75 Å². The highest BCUT2D eigenvalue weighted by atomic mass is 32.2. The lowest BCUT2D eigenvalue weighted by Gasteiger charge is -2.39. The molecule has 0 aromatic heterocycles. The van der Waals surface area contributed by atoms with Crippen LogP contribution < -0.4 is 4.74 Å². The van der Waals surface area contributed by atoms with Crippen molar-refractivity contribution in [1.82, 2.24) is 9.21 Å². The summed E-state index contributed by atoms with van der Waals surface area (Å²) in [6, 6.07) is 10.9. The zero-order valence-corrected chi connectivity index (χ0v) is 22.1. The van der Waals surface area contributed by atoms with Gasteiger partial charge in [-0.1, -0.05) is 29.8 Å². The maximum Gasteiger partial charge on any atom is 0.248 e. The number of aryl methyl sites for hydroxylation is 1. The summed E-state index contributed by atoms with van der Waals surface area (Å²) in [7, 11) is -3.92. The summed E-state index contributed by atoms with van der Waals surface area (Å²) in [4.78, 5) is 15.9. The first-order chi connectivity index (χ1) is 17.5. The second-order valence-electron chi connectivity index (χ2n) is 10.7. The average molecular weight is 533 g/mol. The second kappa shape index (κ2) is 9.98. The van der Waals surface area contributed by atoms with E-state index in [-0.39, 0.29) is 55.1 Å². The van der Waals surface area contributed by atoms with Gasteiger partial charge in [0.1, 0.15) is 11.8 Å². The third-order valence-electron chi connectivity index (χ3n) is 8.00. The SMILES string of the molecule is Cc1ccc(S(=O)(=O)N2[C@H](C)CC[C@H]2C(=O)N(Cc2ccc3c(c2)OCC3)C2CCC(F)(F)CC2)cc1. The van der Waals surface area contributed by atoms with Gasteiger partial charge in [0.25, 0.3) is 0 Å². The van der Waals surface area contributed by atoms with Crippen molar-refractivity contribution in [3.63, 3.8) is 0 Å². The number of amides is 1. The molecule has 2 aromatic rings. The van der Waals surface area contributed by atoms with Crippen LogP contribution >= 0.6 is 0 Å². The topological polar surface area (TPSA) is 66.9 Å². The van der Waals surface area contributed by atoms with E-state index in [0.29, 0.717) is 19.4 Å². The Morgan fingerprint density at radius 1 is 1.08 bits per heavy atom. The van der Waals surface area contributed by atoms with Gasteiger partial charge in [0.2, 0.25) is 21.9 Å². The lowest BCUT2D eigenvalue weighted by atomic mass is 9.90. The molecule has 3 aliphatic rings. The van der Waals surface area contributed by atoms with Crippen molar-refractivity contribution in [1.29, 1.82) is 0 Å². The molecule has 37 heavy (non-hydrogen) atoms. The van der Waals surface area contributed by atoms with Crippen LogP contribution in [0.25, 0.3) is 0 Å². The molecule has 1 saturated carbocycles. The van der Waals surface area contributed by atoms with Gasteiger partial charge in [-0.15, -0.1) is 0 Å². The largest absolute Gasteiger partial charge is 0.493 e. The van der Waals surface area contributed by atoms with Crippen LogP contribution in [0.5, 0.6) is 5.75 Å². The van der Waals surface area contributed by atoms with E-state index in [9.17, 15) is 22.0 Å². The van der Waals surface area contributed by atoms with Crippen LogP contribution in [0.3, 0.4) is 0 Å². The Hall–Kier alpha value is -2.52. The molecule has 6 nitrogen and oxygen atoms in total. The van der Waals surface area contributed by atoms with Crippen LogP contribution in [-0.2, 0) is 27.8 Å². The molecule has 1 aliphatic carbocycles. The standard InChI is InChI=1S/C28H34F2N2O4S/c1-19-3-8-24(9-4-19)37(34,35)32-20(2)5-10-25(32)27(33)31(23-11-14-28(29,30)15-12-23)18-21-6-7-22-13-16-36-26(22)17-21/h3-4,6-9,17,20,23,25H,5,10-16,18H2,1-2H3/t20-,25+/m1/s1. The number of sulfonamides is 1. The fourth-order valence-electron chi connectivity index (χ4n) is 5.85. The Labute approximate surface area is 217 Å². The highest BCUT2D eigenvalue weighted by Crippen LogP contribution is 2.38. The summed E-state index contributed by atoms with van der Waals surface area (Å²) in [5, 5.41) is 0. The van der Waals surface area contributed by atoms with E-state index >= 15 is 0 Å². The van der Waals surface area contributed by atoms with Gasteiger partial charge in [-0.25, -0.2) is 17.2 Å². The molecule has 2 fully saturated rings. The smallest absolute Gasteiger partial charge is 0.248 e. The molecule has 9 heteroatoms. The van der Waals surface area contributed by atoms with Crippen LogP contribution in [0.1, 0.15) is 62.1 Å². The number of carbonyl (C=O) groups is 1. The van der Waals surface area contributed by atoms with Gasteiger partial charge >= 0.3 is 0 Å². The van der Waals surface area contributed by atoms with Gasteiger partial charge in [-0.2, -0.15) is 4.31 Å². The van der Waals surface area contributed by atoms with Crippen molar-refractivity contribution in [3.05, 3.63) is 59.2 Å². The summed E-state index contributed by atoms with van der Waals surface area (Å²) in [6.45, 7) is 4.55. The fraction of sp³-hybridized carbons (Fsp3) is 0.536. The molecule has 5 rings (SSSR count). The number of fused-ring (bicyclic) bond motifs is 1. The van der Waals surface area contributed by atoms with Gasteiger partial charge in [0, 0.05) is 37.9 Å². The number of halogens is 2. The third-order valence-corrected chi connectivity index (χ3v) is 10.0. The number of hydrogen-bond donors (Lipinski definition) is 0. The highest BCUT2D eigenvalue weighted by Gasteiger charge is 2.47. The molecular weight excluding hydrogens is 498 g/mol. The van der Waals surface area contributed by atoms with E-state index in [4.69, 9.17) is 4.74 Å². The number of rotatable bonds is 6. The van der Waals surface area contributed by atoms with Crippen molar-refractivity contribution in [2.24, 2.45) is 0 Å². The molecule has 2 aliphatic heterocycles. The average Bonchev–Trinajstić information content (AvgIpc) is 3.49. The van der Waals surface area contributed by atoms with Gasteiger partial charge < -0.3 is 9.64 Å². The molecule has 2 atom stereocenters. The molecule has 0 N–H and O–H groups in total. The Morgan fingerprint density at radius 2 is 1.78 bits per heavy atom. The molecule has 200 valence electrons. The molecular formula is C28H34F2N2O4S. The first-order valence-corrected chi connectivity index (χ1v) is 14.5. The first-order valence-electron chi connectivity index (χ1n) is 13.1. The Kier molecular flexibility index (Phi) is 7.04. The molecule has 2 aromatic carbocycles. The minimum Gasteiger partial charge on any atom is -0.493 e. The zero-order valence-electron chi connectivity index (χ0n) is 21.3. The number of benzene rings is 2. The van der Waals surface area contributed by atoms with E-state index in [1.54, 1.807) is 29.2 Å². The minimum absolute atomic E-state index is 0.157. The Morgan fingerprint density at radius 3 is 2.49 bits per heavy atom. The predicted octanol–water partition coefficient (Wildman–Crippen LogP) is 5.08. The minimum atomic E-state index is -3.92. The van der Waals surface area contributed by atoms with E-state index in [1.807, 2.05) is 32.0 Å². The Balaban J connectivity index is 1.45. The van der Waals surface area contributed by atoms with E-state index < -0.39 is 22.0 Å². The molecule has 1 saturated heterocycles. The van der Waals surface area contributed by atoms with Gasteiger partial charge in [-0.05, 0) is 68.9 Å². The summed E-state index contributed by atoms with van der Waals surface area (Å²) < 4.78 is 62.4. The predicted molar refractivity (Wildman–Crippen MR) is 136 cm³/mol. The van der Waals surface area contributed by atoms with E-state index in [0.717, 1.165) is 28.9 Å². The van der Waals surface area contributed by atoms with Crippen molar-refractivity contribution < 1.29 is 26.7 Å². The molecule has 0 spiro atoms. The summed E-state index contributed by atoms with van der Waals surface area (Å²) in [5.74, 6) is -2.25. The van der Waals surface area contributed by atoms with Gasteiger partial charge in [0.15, 0.2) is 0 Å². The zero-order chi connectivity index (χ0) is 26.4. The normalized spacial score (nSPS) is 24.0. The summed E-state index contributed by atoms with van der Waals surface area (Å²) in [5.41, 5.74) is 2.91. The Bertz CT molecular complexity index is 1260. The van der Waals surface area contributed by atoms with Crippen LogP contribution in [0, 0.1) is 6.92 Å². The molecule has 0 unspecified atom stereocenters. The third kappa shape index (κ3) is 5.25. The van der Waals surface area contributed by atoms with Crippen LogP contribution in [-0.4, -0.2) is 54.2 Å². The molecule has 2 heterocycles. The van der Waals surface area contributed by atoms with Crippen LogP contribution in [0.2, 0.25) is 0 Å². The monoisotopic (exact) mass is 532 g/mol. The van der Waals surface area contributed by atoms with Gasteiger partial charge in [0.05, 0.1) is 11.5 Å². The van der Waals surface area contributed by atoms with Crippen molar-refractivity contribution in [2.45, 2.75) is 94.3 Å². The van der Waals surface area contributed by atoms with Gasteiger partial charge in [-0.3, -0.25) is 4.79 Å². The van der Waals surface area contributed by atoms with Crippen molar-refractivity contribution >= 4 is 15.9 Å². The molecule has 0 radical (unpaired) electrons. The maximum atomic E-state index is 14.1. The number of ether oxygens (including phenoxy) is 1. The summed E-state index contributed by atoms with van der Waals surface area (Å²) in [6.07, 6.45) is 1.62. The second-order valence-corrected chi connectivity index (χ2v) is 12.5. The van der Waals surface area contributed by atoms with E-state index in [1.165, 1.54) is 4.31 Å². The van der Waals surface area contributed by atoms with Crippen LogP contribution in [0.15, 0.2) is 47.4 Å². The first kappa shape index (κ1) is 26.1. The lowest BCUT2D eigenvalue weighted by Crippen LogP contribution is -2.53. The number of carbonyl (C=O) groups excluding carboxylic acids is 1. The maximum absolute atomic E-state index is 14.1. The van der Waals surface area contributed by atoms with E-state index in [2.05, 4.69) is 0 Å². The number of hydrogen-bond acceptors (Lipinski definition) is 4. The molecule has 0 bridgehead atoms. The van der Waals surface area contributed by atoms with Crippen molar-refractivity contribution in [2.75, 3.05) is 6.61 Å². The lowest BCUT2D eigenvalue weighted by molar-refractivity contribution is -0.141. The highest BCUT2D eigenvalue weighted by molar-refractivity contribution is 7.89. The summed E-state index contributed by atoms with van der Waals surface area (Å²) >= 11 is 0.